The predicted octanol–water partition coefficient (Wildman–Crippen LogP) is 6.66. The van der Waals surface area contributed by atoms with Gasteiger partial charge in [-0.15, -0.1) is 0 Å². The molecule has 40 heavy (non-hydrogen) atoms. The second-order valence-corrected chi connectivity index (χ2v) is 10.7. The smallest absolute Gasteiger partial charge is 0.272 e. The first kappa shape index (κ1) is 27.9. The summed E-state index contributed by atoms with van der Waals surface area (Å²) in [5.74, 6) is 0.0355. The molecule has 4 aromatic rings. The number of nitrogens with zero attached hydrogens (tertiary/aromatic N) is 2. The monoisotopic (exact) mass is 631 g/mol. The molecule has 5 rings (SSSR count). The van der Waals surface area contributed by atoms with Crippen LogP contribution in [0.5, 0.6) is 5.75 Å². The Morgan fingerprint density at radius 3 is 2.60 bits per heavy atom. The summed E-state index contributed by atoms with van der Waals surface area (Å²) in [6.07, 6.45) is -0.867. The standard InChI is InChI=1S/C28H25BrClF2N5O3/c1-37-23-12-24(40-14-25(31)32)19(27(39)34-18-7-5-17(29)6-8-18)11-22(23)36-28(37)35-21-10-15(2-9-20(21)30)13-33-26(38)16-3-4-16/h2,5-12,16,25H,3-4,13-14H2,1H3,(H,33,38)(H,34,39)(H,35,36). The third-order valence-electron chi connectivity index (χ3n) is 6.39. The molecule has 0 saturated heterocycles. The van der Waals surface area contributed by atoms with Crippen LogP contribution in [0.25, 0.3) is 11.0 Å². The van der Waals surface area contributed by atoms with Crippen LogP contribution in [0.4, 0.5) is 26.1 Å². The molecule has 8 nitrogen and oxygen atoms in total. The van der Waals surface area contributed by atoms with Crippen LogP contribution in [0.3, 0.4) is 0 Å². The van der Waals surface area contributed by atoms with E-state index in [1.165, 1.54) is 12.1 Å². The summed E-state index contributed by atoms with van der Waals surface area (Å²) in [7, 11) is 1.74. The van der Waals surface area contributed by atoms with Crippen LogP contribution in [-0.4, -0.2) is 34.4 Å². The summed E-state index contributed by atoms with van der Waals surface area (Å²) < 4.78 is 33.9. The van der Waals surface area contributed by atoms with Gasteiger partial charge in [0.1, 0.15) is 12.4 Å². The minimum atomic E-state index is -2.72. The zero-order valence-corrected chi connectivity index (χ0v) is 23.7. The van der Waals surface area contributed by atoms with Crippen molar-refractivity contribution in [2.75, 3.05) is 17.2 Å². The van der Waals surface area contributed by atoms with Gasteiger partial charge in [0.05, 0.1) is 27.3 Å². The Kier molecular flexibility index (Phi) is 8.22. The average molecular weight is 633 g/mol. The fourth-order valence-electron chi connectivity index (χ4n) is 4.09. The van der Waals surface area contributed by atoms with Gasteiger partial charge in [0.25, 0.3) is 12.3 Å². The van der Waals surface area contributed by atoms with Crippen molar-refractivity contribution in [1.82, 2.24) is 14.9 Å². The molecular formula is C28H25BrClF2N5O3. The van der Waals surface area contributed by atoms with Crippen molar-refractivity contribution in [2.45, 2.75) is 25.8 Å². The molecule has 1 heterocycles. The van der Waals surface area contributed by atoms with Crippen LogP contribution in [0.2, 0.25) is 5.02 Å². The molecule has 1 saturated carbocycles. The van der Waals surface area contributed by atoms with Crippen molar-refractivity contribution in [2.24, 2.45) is 13.0 Å². The number of aromatic nitrogens is 2. The molecule has 2 amide bonds. The summed E-state index contributed by atoms with van der Waals surface area (Å²) in [5.41, 5.74) is 3.01. The van der Waals surface area contributed by atoms with Crippen LogP contribution >= 0.6 is 27.5 Å². The van der Waals surface area contributed by atoms with Crippen LogP contribution in [0.1, 0.15) is 28.8 Å². The van der Waals surface area contributed by atoms with Gasteiger partial charge in [0.15, 0.2) is 0 Å². The van der Waals surface area contributed by atoms with Gasteiger partial charge in [-0.3, -0.25) is 9.59 Å². The normalized spacial score (nSPS) is 12.9. The summed E-state index contributed by atoms with van der Waals surface area (Å²) in [6, 6.07) is 15.3. The fraction of sp³-hybridized carbons (Fsp3) is 0.250. The number of hydrogen-bond acceptors (Lipinski definition) is 5. The van der Waals surface area contributed by atoms with Gasteiger partial charge >= 0.3 is 0 Å². The highest BCUT2D eigenvalue weighted by Gasteiger charge is 2.29. The molecule has 3 N–H and O–H groups in total. The van der Waals surface area contributed by atoms with Gasteiger partial charge in [-0.25, -0.2) is 13.8 Å². The van der Waals surface area contributed by atoms with Crippen molar-refractivity contribution >= 4 is 67.7 Å². The van der Waals surface area contributed by atoms with Crippen LogP contribution in [0.15, 0.2) is 59.1 Å². The molecular weight excluding hydrogens is 608 g/mol. The topological polar surface area (TPSA) is 97.3 Å². The number of fused-ring (bicyclic) bond motifs is 1. The van der Waals surface area contributed by atoms with Gasteiger partial charge in [-0.2, -0.15) is 0 Å². The molecule has 1 aromatic heterocycles. The Labute approximate surface area is 242 Å². The quantitative estimate of drug-likeness (QED) is 0.182. The SMILES string of the molecule is Cn1c(Nc2cc(CNC(=O)C3CC3)ccc2Cl)nc2cc(C(=O)Nc3ccc(Br)cc3)c(OCC(F)F)cc21. The van der Waals surface area contributed by atoms with E-state index in [0.717, 1.165) is 22.9 Å². The van der Waals surface area contributed by atoms with E-state index in [9.17, 15) is 18.4 Å². The third kappa shape index (κ3) is 6.53. The number of carbonyl (C=O) groups excluding carboxylic acids is 2. The van der Waals surface area contributed by atoms with Crippen molar-refractivity contribution in [1.29, 1.82) is 0 Å². The van der Waals surface area contributed by atoms with Crippen LogP contribution < -0.4 is 20.7 Å². The fourth-order valence-corrected chi connectivity index (χ4v) is 4.52. The number of amides is 2. The number of aryl methyl sites for hydroxylation is 1. The first-order chi connectivity index (χ1) is 19.2. The van der Waals surface area contributed by atoms with E-state index in [0.29, 0.717) is 39.9 Å². The van der Waals surface area contributed by atoms with Gasteiger partial charge < -0.3 is 25.3 Å². The number of carbonyl (C=O) groups is 2. The number of benzene rings is 3. The molecule has 0 bridgehead atoms. The van der Waals surface area contributed by atoms with Crippen molar-refractivity contribution in [3.05, 3.63) is 75.2 Å². The van der Waals surface area contributed by atoms with E-state index in [-0.39, 0.29) is 23.1 Å². The zero-order chi connectivity index (χ0) is 28.4. The lowest BCUT2D eigenvalue weighted by Gasteiger charge is -2.13. The average Bonchev–Trinajstić information content (AvgIpc) is 3.74. The van der Waals surface area contributed by atoms with E-state index < -0.39 is 18.9 Å². The number of rotatable bonds is 10. The second-order valence-electron chi connectivity index (χ2n) is 9.43. The summed E-state index contributed by atoms with van der Waals surface area (Å²) in [5, 5.41) is 9.33. The van der Waals surface area contributed by atoms with Gasteiger partial charge in [-0.05, 0) is 60.9 Å². The van der Waals surface area contributed by atoms with Crippen LogP contribution in [0, 0.1) is 5.92 Å². The van der Waals surface area contributed by atoms with Crippen molar-refractivity contribution in [3.8, 4) is 5.75 Å². The van der Waals surface area contributed by atoms with E-state index >= 15 is 0 Å². The number of anilines is 3. The summed E-state index contributed by atoms with van der Waals surface area (Å²) >= 11 is 9.78. The molecule has 0 spiro atoms. The predicted molar refractivity (Wildman–Crippen MR) is 154 cm³/mol. The number of alkyl halides is 2. The van der Waals surface area contributed by atoms with Crippen LogP contribution in [-0.2, 0) is 18.4 Å². The number of ether oxygens (including phenoxy) is 1. The Hall–Kier alpha value is -3.70. The maximum atomic E-state index is 13.1. The van der Waals surface area contributed by atoms with Gasteiger partial charge in [-0.1, -0.05) is 33.6 Å². The molecule has 1 aliphatic rings. The highest BCUT2D eigenvalue weighted by molar-refractivity contribution is 9.10. The Morgan fingerprint density at radius 1 is 1.15 bits per heavy atom. The number of hydrogen-bond donors (Lipinski definition) is 3. The van der Waals surface area contributed by atoms with Gasteiger partial charge in [0, 0.05) is 35.7 Å². The molecule has 0 unspecified atom stereocenters. The zero-order valence-electron chi connectivity index (χ0n) is 21.3. The summed E-state index contributed by atoms with van der Waals surface area (Å²) in [4.78, 5) is 29.8. The lowest BCUT2D eigenvalue weighted by atomic mass is 10.1. The maximum Gasteiger partial charge on any atom is 0.272 e. The highest BCUT2D eigenvalue weighted by Crippen LogP contribution is 2.32. The Morgan fingerprint density at radius 2 is 1.90 bits per heavy atom. The Balaban J connectivity index is 1.43. The minimum absolute atomic E-state index is 0.00314. The Bertz CT molecular complexity index is 1570. The molecule has 0 atom stereocenters. The number of halogens is 4. The molecule has 1 aliphatic carbocycles. The molecule has 0 aliphatic heterocycles. The third-order valence-corrected chi connectivity index (χ3v) is 7.24. The first-order valence-corrected chi connectivity index (χ1v) is 13.7. The molecule has 0 radical (unpaired) electrons. The molecule has 1 fully saturated rings. The molecule has 12 heteroatoms. The molecule has 3 aromatic carbocycles. The van der Waals surface area contributed by atoms with E-state index in [1.54, 1.807) is 41.9 Å². The lowest BCUT2D eigenvalue weighted by molar-refractivity contribution is -0.122. The second kappa shape index (κ2) is 11.8. The molecule has 208 valence electrons. The van der Waals surface area contributed by atoms with E-state index in [4.69, 9.17) is 16.3 Å². The highest BCUT2D eigenvalue weighted by atomic mass is 79.9. The summed E-state index contributed by atoms with van der Waals surface area (Å²) in [6.45, 7) is -0.502. The largest absolute Gasteiger partial charge is 0.487 e. The maximum absolute atomic E-state index is 13.1. The lowest BCUT2D eigenvalue weighted by Crippen LogP contribution is -2.24. The minimum Gasteiger partial charge on any atom is -0.487 e. The van der Waals surface area contributed by atoms with Crippen molar-refractivity contribution in [3.63, 3.8) is 0 Å². The number of imidazole rings is 1. The van der Waals surface area contributed by atoms with E-state index in [1.807, 2.05) is 12.1 Å². The van der Waals surface area contributed by atoms with E-state index in [2.05, 4.69) is 36.9 Å². The first-order valence-electron chi connectivity index (χ1n) is 12.5. The number of nitrogens with one attached hydrogen (secondary N) is 3. The van der Waals surface area contributed by atoms with Crippen molar-refractivity contribution < 1.29 is 23.1 Å². The van der Waals surface area contributed by atoms with Gasteiger partial charge in [0.2, 0.25) is 11.9 Å².